The quantitative estimate of drug-likeness (QED) is 0.552. The molecule has 31 heavy (non-hydrogen) atoms. The Morgan fingerprint density at radius 3 is 2.65 bits per heavy atom. The Morgan fingerprint density at radius 1 is 1.23 bits per heavy atom. The van der Waals surface area contributed by atoms with E-state index in [9.17, 15) is 5.26 Å². The number of rotatable bonds is 5. The fraction of sp³-hybridized carbons (Fsp3) is 0.217. The molecule has 0 saturated heterocycles. The first-order valence-corrected chi connectivity index (χ1v) is 10.4. The lowest BCUT2D eigenvalue weighted by Crippen LogP contribution is -2.21. The van der Waals surface area contributed by atoms with Crippen molar-refractivity contribution in [3.63, 3.8) is 0 Å². The van der Waals surface area contributed by atoms with Crippen molar-refractivity contribution in [2.45, 2.75) is 26.4 Å². The molecule has 3 N–H and O–H groups in total. The summed E-state index contributed by atoms with van der Waals surface area (Å²) in [6.45, 7) is 4.33. The minimum absolute atomic E-state index is 0.0389. The summed E-state index contributed by atoms with van der Waals surface area (Å²) in [5.41, 5.74) is 10.9. The molecular formula is C23H21BrN4O3. The number of fused-ring (bicyclic) bond motifs is 1. The van der Waals surface area contributed by atoms with E-state index in [1.807, 2.05) is 50.2 Å². The van der Waals surface area contributed by atoms with Gasteiger partial charge in [-0.15, -0.1) is 5.10 Å². The minimum atomic E-state index is -0.457. The molecule has 0 bridgehead atoms. The van der Waals surface area contributed by atoms with Crippen molar-refractivity contribution in [1.82, 2.24) is 10.2 Å². The monoisotopic (exact) mass is 480 g/mol. The van der Waals surface area contributed by atoms with Crippen molar-refractivity contribution in [2.24, 2.45) is 5.73 Å². The van der Waals surface area contributed by atoms with E-state index in [2.05, 4.69) is 32.2 Å². The van der Waals surface area contributed by atoms with Crippen LogP contribution < -0.4 is 19.9 Å². The van der Waals surface area contributed by atoms with Crippen LogP contribution in [0.5, 0.6) is 17.4 Å². The van der Waals surface area contributed by atoms with Crippen LogP contribution in [0.1, 0.15) is 33.9 Å². The Morgan fingerprint density at radius 2 is 1.97 bits per heavy atom. The molecule has 2 aromatic carbocycles. The van der Waals surface area contributed by atoms with E-state index >= 15 is 0 Å². The van der Waals surface area contributed by atoms with Crippen molar-refractivity contribution in [1.29, 1.82) is 5.26 Å². The number of halogens is 1. The molecular weight excluding hydrogens is 460 g/mol. The number of nitrogens with two attached hydrogens (primary N) is 1. The van der Waals surface area contributed by atoms with Crippen molar-refractivity contribution in [3.8, 4) is 23.4 Å². The van der Waals surface area contributed by atoms with Crippen molar-refractivity contribution in [3.05, 3.63) is 80.3 Å². The van der Waals surface area contributed by atoms with Gasteiger partial charge >= 0.3 is 0 Å². The summed E-state index contributed by atoms with van der Waals surface area (Å²) < 4.78 is 17.9. The number of nitrogens with one attached hydrogen (secondary N) is 1. The Labute approximate surface area is 188 Å². The van der Waals surface area contributed by atoms with Crippen LogP contribution in [-0.4, -0.2) is 17.3 Å². The zero-order chi connectivity index (χ0) is 22.1. The number of nitriles is 1. The Hall–Kier alpha value is -3.44. The molecule has 158 valence electrons. The van der Waals surface area contributed by atoms with Crippen LogP contribution >= 0.6 is 15.9 Å². The second-order valence-electron chi connectivity index (χ2n) is 7.29. The average Bonchev–Trinajstić information content (AvgIpc) is 3.12. The second-order valence-corrected chi connectivity index (χ2v) is 8.15. The lowest BCUT2D eigenvalue weighted by Gasteiger charge is -2.25. The topological polar surface area (TPSA) is 106 Å². The second kappa shape index (κ2) is 8.36. The molecule has 0 aliphatic carbocycles. The standard InChI is InChI=1S/C23H21BrN4O3/c1-12-4-6-14(7-5-12)11-30-19-9-17(24)15(8-18(19)29-3)21-16(10-25)22(26)31-23-20(21)13(2)27-28-23/h4-9,21H,11,26H2,1-3H3,(H,27,28). The number of benzene rings is 2. The van der Waals surface area contributed by atoms with Crippen LogP contribution in [0.15, 0.2) is 52.3 Å². The van der Waals surface area contributed by atoms with Crippen LogP contribution in [0.2, 0.25) is 0 Å². The van der Waals surface area contributed by atoms with Gasteiger partial charge in [-0.2, -0.15) is 5.26 Å². The van der Waals surface area contributed by atoms with Crippen LogP contribution in [0, 0.1) is 25.2 Å². The molecule has 1 aromatic heterocycles. The molecule has 4 rings (SSSR count). The van der Waals surface area contributed by atoms with Gasteiger partial charge in [-0.25, -0.2) is 0 Å². The largest absolute Gasteiger partial charge is 0.493 e. The summed E-state index contributed by atoms with van der Waals surface area (Å²) >= 11 is 3.64. The molecule has 0 spiro atoms. The predicted molar refractivity (Wildman–Crippen MR) is 119 cm³/mol. The van der Waals surface area contributed by atoms with Gasteiger partial charge in [-0.1, -0.05) is 45.8 Å². The van der Waals surface area contributed by atoms with E-state index < -0.39 is 5.92 Å². The highest BCUT2D eigenvalue weighted by molar-refractivity contribution is 9.10. The number of aromatic amines is 1. The fourth-order valence-corrected chi connectivity index (χ4v) is 4.15. The van der Waals surface area contributed by atoms with Crippen LogP contribution in [0.25, 0.3) is 0 Å². The molecule has 1 aliphatic rings. The third kappa shape index (κ3) is 3.84. The summed E-state index contributed by atoms with van der Waals surface area (Å²) in [5, 5.41) is 16.9. The van der Waals surface area contributed by atoms with Gasteiger partial charge in [0.15, 0.2) is 11.5 Å². The summed E-state index contributed by atoms with van der Waals surface area (Å²) in [5.74, 6) is 1.09. The number of aryl methyl sites for hydroxylation is 2. The SMILES string of the molecule is COc1cc(C2C(C#N)=C(N)Oc3n[nH]c(C)c32)c(Br)cc1OCc1ccc(C)cc1. The molecule has 7 nitrogen and oxygen atoms in total. The molecule has 0 fully saturated rings. The number of hydrogen-bond donors (Lipinski definition) is 2. The maximum atomic E-state index is 9.78. The van der Waals surface area contributed by atoms with Gasteiger partial charge in [0.25, 0.3) is 0 Å². The van der Waals surface area contributed by atoms with E-state index in [0.29, 0.717) is 29.6 Å². The van der Waals surface area contributed by atoms with Crippen LogP contribution in [0.4, 0.5) is 0 Å². The van der Waals surface area contributed by atoms with Gasteiger partial charge in [0, 0.05) is 15.7 Å². The molecule has 1 unspecified atom stereocenters. The van der Waals surface area contributed by atoms with E-state index in [1.165, 1.54) is 5.56 Å². The van der Waals surface area contributed by atoms with Crippen molar-refractivity contribution >= 4 is 15.9 Å². The summed E-state index contributed by atoms with van der Waals surface area (Å²) in [7, 11) is 1.58. The maximum Gasteiger partial charge on any atom is 0.244 e. The van der Waals surface area contributed by atoms with Crippen LogP contribution in [0.3, 0.4) is 0 Å². The molecule has 8 heteroatoms. The lowest BCUT2D eigenvalue weighted by atomic mass is 9.84. The lowest BCUT2D eigenvalue weighted by molar-refractivity contribution is 0.284. The number of H-pyrrole nitrogens is 1. The Bertz CT molecular complexity index is 1210. The number of aromatic nitrogens is 2. The summed E-state index contributed by atoms with van der Waals surface area (Å²) in [6.07, 6.45) is 0. The Kier molecular flexibility index (Phi) is 5.61. The molecule has 3 aromatic rings. The van der Waals surface area contributed by atoms with Gasteiger partial charge in [0.2, 0.25) is 11.8 Å². The van der Waals surface area contributed by atoms with Gasteiger partial charge in [0.05, 0.1) is 13.0 Å². The molecule has 1 aliphatic heterocycles. The third-order valence-corrected chi connectivity index (χ3v) is 5.93. The molecule has 0 amide bonds. The van der Waals surface area contributed by atoms with Gasteiger partial charge in [0.1, 0.15) is 18.2 Å². The normalized spacial score (nSPS) is 15.1. The smallest absolute Gasteiger partial charge is 0.244 e. The van der Waals surface area contributed by atoms with Crippen LogP contribution in [-0.2, 0) is 6.61 Å². The highest BCUT2D eigenvalue weighted by Crippen LogP contribution is 2.47. The third-order valence-electron chi connectivity index (χ3n) is 5.24. The maximum absolute atomic E-state index is 9.78. The van der Waals surface area contributed by atoms with E-state index in [4.69, 9.17) is 19.9 Å². The molecule has 0 radical (unpaired) electrons. The highest BCUT2D eigenvalue weighted by Gasteiger charge is 2.36. The average molecular weight is 481 g/mol. The fourth-order valence-electron chi connectivity index (χ4n) is 3.60. The number of methoxy groups -OCH3 is 1. The Balaban J connectivity index is 1.73. The summed E-state index contributed by atoms with van der Waals surface area (Å²) in [6, 6.07) is 14.0. The first-order valence-electron chi connectivity index (χ1n) is 9.61. The molecule has 0 saturated carbocycles. The number of hydrogen-bond acceptors (Lipinski definition) is 6. The molecule has 2 heterocycles. The van der Waals surface area contributed by atoms with Crippen molar-refractivity contribution in [2.75, 3.05) is 7.11 Å². The zero-order valence-electron chi connectivity index (χ0n) is 17.3. The van der Waals surface area contributed by atoms with Gasteiger partial charge in [-0.05, 0) is 37.1 Å². The van der Waals surface area contributed by atoms with E-state index in [0.717, 1.165) is 26.9 Å². The summed E-state index contributed by atoms with van der Waals surface area (Å²) in [4.78, 5) is 0. The van der Waals surface area contributed by atoms with E-state index in [-0.39, 0.29) is 5.88 Å². The first kappa shape index (κ1) is 20.8. The van der Waals surface area contributed by atoms with Gasteiger partial charge in [-0.3, -0.25) is 5.10 Å². The van der Waals surface area contributed by atoms with E-state index in [1.54, 1.807) is 7.11 Å². The first-order chi connectivity index (χ1) is 14.9. The van der Waals surface area contributed by atoms with Crippen molar-refractivity contribution < 1.29 is 14.2 Å². The zero-order valence-corrected chi connectivity index (χ0v) is 18.9. The minimum Gasteiger partial charge on any atom is -0.493 e. The molecule has 1 atom stereocenters. The number of nitrogens with zero attached hydrogens (tertiary/aromatic N) is 2. The number of ether oxygens (including phenoxy) is 3. The van der Waals surface area contributed by atoms with Gasteiger partial charge < -0.3 is 19.9 Å². The predicted octanol–water partition coefficient (Wildman–Crippen LogP) is 4.59. The number of allylic oxidation sites excluding steroid dienone is 1. The highest BCUT2D eigenvalue weighted by atomic mass is 79.9.